The highest BCUT2D eigenvalue weighted by molar-refractivity contribution is 5.84. The van der Waals surface area contributed by atoms with E-state index in [2.05, 4.69) is 41.4 Å². The summed E-state index contributed by atoms with van der Waals surface area (Å²) in [6, 6.07) is 8.74. The van der Waals surface area contributed by atoms with Crippen LogP contribution < -0.4 is 5.32 Å². The molecule has 3 heteroatoms. The molecule has 2 heterocycles. The SMILES string of the molecule is CCc1ccc(C2NC(=O)C3CCCCN32)cc1. The fourth-order valence-electron chi connectivity index (χ4n) is 3.07. The second kappa shape index (κ2) is 4.73. The highest BCUT2D eigenvalue weighted by Crippen LogP contribution is 2.32. The molecule has 2 aliphatic heterocycles. The lowest BCUT2D eigenvalue weighted by Crippen LogP contribution is -2.38. The standard InChI is InChI=1S/C15H20N2O/c1-2-11-6-8-12(9-7-11)14-16-15(18)13-5-3-4-10-17(13)14/h6-9,13-14H,2-5,10H2,1H3,(H,16,18). The second-order valence-corrected chi connectivity index (χ2v) is 5.26. The van der Waals surface area contributed by atoms with Gasteiger partial charge in [-0.2, -0.15) is 0 Å². The molecular weight excluding hydrogens is 224 g/mol. The molecule has 2 aliphatic rings. The Bertz CT molecular complexity index is 440. The van der Waals surface area contributed by atoms with E-state index < -0.39 is 0 Å². The topological polar surface area (TPSA) is 32.3 Å². The van der Waals surface area contributed by atoms with Crippen molar-refractivity contribution in [3.8, 4) is 0 Å². The third-order valence-electron chi connectivity index (χ3n) is 4.16. The predicted molar refractivity (Wildman–Crippen MR) is 71.0 cm³/mol. The molecule has 2 saturated heterocycles. The fourth-order valence-corrected chi connectivity index (χ4v) is 3.07. The Balaban J connectivity index is 1.84. The van der Waals surface area contributed by atoms with Crippen molar-refractivity contribution in [2.24, 2.45) is 0 Å². The van der Waals surface area contributed by atoms with E-state index in [0.717, 1.165) is 19.4 Å². The van der Waals surface area contributed by atoms with Gasteiger partial charge in [0.05, 0.1) is 6.04 Å². The number of hydrogen-bond acceptors (Lipinski definition) is 2. The van der Waals surface area contributed by atoms with Crippen LogP contribution >= 0.6 is 0 Å². The molecule has 0 saturated carbocycles. The van der Waals surface area contributed by atoms with Crippen molar-refractivity contribution in [1.82, 2.24) is 10.2 Å². The lowest BCUT2D eigenvalue weighted by Gasteiger charge is -2.31. The number of carbonyl (C=O) groups is 1. The summed E-state index contributed by atoms with van der Waals surface area (Å²) >= 11 is 0. The molecule has 96 valence electrons. The number of fused-ring (bicyclic) bond motifs is 1. The minimum Gasteiger partial charge on any atom is -0.335 e. The number of hydrogen-bond donors (Lipinski definition) is 1. The number of amides is 1. The highest BCUT2D eigenvalue weighted by atomic mass is 16.2. The van der Waals surface area contributed by atoms with Crippen LogP contribution in [0.4, 0.5) is 0 Å². The normalized spacial score (nSPS) is 27.9. The Morgan fingerprint density at radius 3 is 2.78 bits per heavy atom. The summed E-state index contributed by atoms with van der Waals surface area (Å²) < 4.78 is 0. The zero-order chi connectivity index (χ0) is 12.5. The van der Waals surface area contributed by atoms with Gasteiger partial charge in [0, 0.05) is 6.54 Å². The van der Waals surface area contributed by atoms with Gasteiger partial charge in [0.25, 0.3) is 0 Å². The summed E-state index contributed by atoms with van der Waals surface area (Å²) in [7, 11) is 0. The van der Waals surface area contributed by atoms with E-state index in [-0.39, 0.29) is 18.1 Å². The molecule has 3 rings (SSSR count). The van der Waals surface area contributed by atoms with Crippen molar-refractivity contribution in [3.05, 3.63) is 35.4 Å². The first-order valence-corrected chi connectivity index (χ1v) is 6.94. The van der Waals surface area contributed by atoms with Crippen LogP contribution in [0.15, 0.2) is 24.3 Å². The molecule has 0 aromatic heterocycles. The van der Waals surface area contributed by atoms with Crippen molar-refractivity contribution in [2.45, 2.75) is 44.8 Å². The van der Waals surface area contributed by atoms with Gasteiger partial charge in [-0.25, -0.2) is 0 Å². The number of nitrogens with one attached hydrogen (secondary N) is 1. The predicted octanol–water partition coefficient (Wildman–Crippen LogP) is 2.23. The summed E-state index contributed by atoms with van der Waals surface area (Å²) in [4.78, 5) is 14.3. The second-order valence-electron chi connectivity index (χ2n) is 5.26. The molecular formula is C15H20N2O. The zero-order valence-corrected chi connectivity index (χ0v) is 10.9. The maximum atomic E-state index is 12.0. The van der Waals surface area contributed by atoms with Crippen LogP contribution in [-0.2, 0) is 11.2 Å². The molecule has 1 N–H and O–H groups in total. The Morgan fingerprint density at radius 1 is 1.28 bits per heavy atom. The monoisotopic (exact) mass is 244 g/mol. The van der Waals surface area contributed by atoms with E-state index in [4.69, 9.17) is 0 Å². The average molecular weight is 244 g/mol. The number of benzene rings is 1. The van der Waals surface area contributed by atoms with Crippen molar-refractivity contribution >= 4 is 5.91 Å². The maximum absolute atomic E-state index is 12.0. The summed E-state index contributed by atoms with van der Waals surface area (Å²) in [6.07, 6.45) is 4.54. The van der Waals surface area contributed by atoms with Gasteiger partial charge in [-0.1, -0.05) is 37.6 Å². The van der Waals surface area contributed by atoms with Crippen LogP contribution in [0, 0.1) is 0 Å². The summed E-state index contributed by atoms with van der Waals surface area (Å²) in [5.74, 6) is 0.208. The third-order valence-corrected chi connectivity index (χ3v) is 4.16. The highest BCUT2D eigenvalue weighted by Gasteiger charge is 2.41. The van der Waals surface area contributed by atoms with Crippen molar-refractivity contribution < 1.29 is 4.79 Å². The van der Waals surface area contributed by atoms with Gasteiger partial charge in [-0.15, -0.1) is 0 Å². The third kappa shape index (κ3) is 1.93. The van der Waals surface area contributed by atoms with Crippen molar-refractivity contribution in [2.75, 3.05) is 6.54 Å². The molecule has 0 spiro atoms. The summed E-state index contributed by atoms with van der Waals surface area (Å²) in [5.41, 5.74) is 2.56. The van der Waals surface area contributed by atoms with Gasteiger partial charge in [-0.3, -0.25) is 9.69 Å². The lowest BCUT2D eigenvalue weighted by atomic mass is 10.0. The Labute approximate surface area is 108 Å². The van der Waals surface area contributed by atoms with Crippen LogP contribution in [-0.4, -0.2) is 23.4 Å². The van der Waals surface area contributed by atoms with E-state index in [9.17, 15) is 4.79 Å². The molecule has 18 heavy (non-hydrogen) atoms. The molecule has 2 atom stereocenters. The zero-order valence-electron chi connectivity index (χ0n) is 10.9. The van der Waals surface area contributed by atoms with E-state index >= 15 is 0 Å². The molecule has 3 nitrogen and oxygen atoms in total. The Kier molecular flexibility index (Phi) is 3.08. The molecule has 0 radical (unpaired) electrons. The van der Waals surface area contributed by atoms with Crippen LogP contribution in [0.2, 0.25) is 0 Å². The minimum atomic E-state index is 0.0914. The number of aryl methyl sites for hydroxylation is 1. The number of rotatable bonds is 2. The Hall–Kier alpha value is -1.35. The van der Waals surface area contributed by atoms with Crippen molar-refractivity contribution in [1.29, 1.82) is 0 Å². The molecule has 2 fully saturated rings. The number of piperidine rings is 1. The van der Waals surface area contributed by atoms with Gasteiger partial charge >= 0.3 is 0 Å². The maximum Gasteiger partial charge on any atom is 0.238 e. The van der Waals surface area contributed by atoms with E-state index in [1.165, 1.54) is 24.0 Å². The molecule has 1 amide bonds. The largest absolute Gasteiger partial charge is 0.335 e. The minimum absolute atomic E-state index is 0.0914. The first-order valence-electron chi connectivity index (χ1n) is 6.94. The lowest BCUT2D eigenvalue weighted by molar-refractivity contribution is -0.122. The fraction of sp³-hybridized carbons (Fsp3) is 0.533. The van der Waals surface area contributed by atoms with Gasteiger partial charge in [-0.05, 0) is 30.4 Å². The first-order chi connectivity index (χ1) is 8.79. The molecule has 1 aromatic rings. The average Bonchev–Trinajstić information content (AvgIpc) is 2.77. The van der Waals surface area contributed by atoms with E-state index in [1.54, 1.807) is 0 Å². The van der Waals surface area contributed by atoms with Gasteiger partial charge in [0.2, 0.25) is 5.91 Å². The summed E-state index contributed by atoms with van der Waals surface area (Å²) in [6.45, 7) is 3.19. The van der Waals surface area contributed by atoms with Gasteiger partial charge in [0.15, 0.2) is 0 Å². The molecule has 2 unspecified atom stereocenters. The Morgan fingerprint density at radius 2 is 2.06 bits per heavy atom. The molecule has 0 aliphatic carbocycles. The first kappa shape index (κ1) is 11.7. The van der Waals surface area contributed by atoms with E-state index in [0.29, 0.717) is 0 Å². The van der Waals surface area contributed by atoms with Crippen LogP contribution in [0.1, 0.15) is 43.5 Å². The van der Waals surface area contributed by atoms with Crippen molar-refractivity contribution in [3.63, 3.8) is 0 Å². The van der Waals surface area contributed by atoms with Crippen LogP contribution in [0.25, 0.3) is 0 Å². The van der Waals surface area contributed by atoms with Gasteiger partial charge in [0.1, 0.15) is 6.17 Å². The quantitative estimate of drug-likeness (QED) is 0.865. The summed E-state index contributed by atoms with van der Waals surface area (Å²) in [5, 5.41) is 3.14. The molecule has 0 bridgehead atoms. The van der Waals surface area contributed by atoms with E-state index in [1.807, 2.05) is 0 Å². The van der Waals surface area contributed by atoms with Crippen LogP contribution in [0.5, 0.6) is 0 Å². The smallest absolute Gasteiger partial charge is 0.238 e. The molecule has 1 aromatic carbocycles. The van der Waals surface area contributed by atoms with Gasteiger partial charge < -0.3 is 5.32 Å². The number of carbonyl (C=O) groups excluding carboxylic acids is 1. The number of nitrogens with zero attached hydrogens (tertiary/aromatic N) is 1. The van der Waals surface area contributed by atoms with Crippen LogP contribution in [0.3, 0.4) is 0 Å².